The molecule has 1 unspecified atom stereocenters. The first-order valence-electron chi connectivity index (χ1n) is 7.70. The van der Waals surface area contributed by atoms with Crippen molar-refractivity contribution in [1.82, 2.24) is 4.90 Å². The van der Waals surface area contributed by atoms with Gasteiger partial charge in [0.25, 0.3) is 0 Å². The van der Waals surface area contributed by atoms with E-state index in [-0.39, 0.29) is 23.5 Å². The van der Waals surface area contributed by atoms with Gasteiger partial charge in [-0.1, -0.05) is 19.1 Å². The van der Waals surface area contributed by atoms with Gasteiger partial charge in [-0.25, -0.2) is 8.42 Å². The Balaban J connectivity index is 1.77. The van der Waals surface area contributed by atoms with Crippen molar-refractivity contribution in [3.05, 3.63) is 29.8 Å². The van der Waals surface area contributed by atoms with E-state index in [1.54, 1.807) is 11.9 Å². The van der Waals surface area contributed by atoms with Crippen molar-refractivity contribution in [2.45, 2.75) is 32.2 Å². The van der Waals surface area contributed by atoms with E-state index in [4.69, 9.17) is 0 Å². The second-order valence-corrected chi connectivity index (χ2v) is 8.02. The number of carbonyl (C=O) groups is 1. The van der Waals surface area contributed by atoms with Crippen molar-refractivity contribution in [3.63, 3.8) is 0 Å². The maximum absolute atomic E-state index is 12.1. The number of hydrogen-bond donors (Lipinski definition) is 1. The number of rotatable bonds is 6. The fourth-order valence-electron chi connectivity index (χ4n) is 2.63. The maximum atomic E-state index is 12.1. The van der Waals surface area contributed by atoms with Gasteiger partial charge < -0.3 is 10.2 Å². The minimum atomic E-state index is -2.95. The summed E-state index contributed by atoms with van der Waals surface area (Å²) in [5.74, 6) is 0.276. The van der Waals surface area contributed by atoms with E-state index in [1.807, 2.05) is 12.1 Å². The molecule has 1 aromatic rings. The van der Waals surface area contributed by atoms with Crippen LogP contribution in [-0.4, -0.2) is 50.4 Å². The van der Waals surface area contributed by atoms with Crippen molar-refractivity contribution in [3.8, 4) is 0 Å². The zero-order chi connectivity index (χ0) is 16.2. The predicted octanol–water partition coefficient (Wildman–Crippen LogP) is 1.70. The number of sulfone groups is 1. The zero-order valence-electron chi connectivity index (χ0n) is 13.2. The van der Waals surface area contributed by atoms with Crippen LogP contribution in [0.5, 0.6) is 0 Å². The summed E-state index contributed by atoms with van der Waals surface area (Å²) in [5, 5.41) is 3.22. The van der Waals surface area contributed by atoms with Gasteiger partial charge in [0.15, 0.2) is 9.84 Å². The molecule has 0 radical (unpaired) electrons. The third-order valence-corrected chi connectivity index (χ3v) is 5.93. The molecule has 0 bridgehead atoms. The monoisotopic (exact) mass is 324 g/mol. The van der Waals surface area contributed by atoms with Gasteiger partial charge in [0.2, 0.25) is 5.91 Å². The third kappa shape index (κ3) is 4.47. The second kappa shape index (κ2) is 7.13. The third-order valence-electron chi connectivity index (χ3n) is 4.18. The molecule has 1 aliphatic heterocycles. The lowest BCUT2D eigenvalue weighted by Crippen LogP contribution is -2.38. The Hall–Kier alpha value is -1.56. The van der Waals surface area contributed by atoms with Crippen LogP contribution in [-0.2, 0) is 21.1 Å². The van der Waals surface area contributed by atoms with Gasteiger partial charge in [-0.05, 0) is 30.5 Å². The SMILES string of the molecule is CCc1ccc(NCCC(=O)N(C)C2CCS(=O)(=O)C2)cc1. The lowest BCUT2D eigenvalue weighted by Gasteiger charge is -2.23. The van der Waals surface area contributed by atoms with E-state index in [9.17, 15) is 13.2 Å². The van der Waals surface area contributed by atoms with Crippen molar-refractivity contribution >= 4 is 21.4 Å². The summed E-state index contributed by atoms with van der Waals surface area (Å²) in [6, 6.07) is 7.99. The summed E-state index contributed by atoms with van der Waals surface area (Å²) in [7, 11) is -1.26. The molecule has 1 fully saturated rings. The van der Waals surface area contributed by atoms with E-state index >= 15 is 0 Å². The van der Waals surface area contributed by atoms with E-state index in [1.165, 1.54) is 5.56 Å². The van der Waals surface area contributed by atoms with Crippen molar-refractivity contribution < 1.29 is 13.2 Å². The van der Waals surface area contributed by atoms with E-state index in [0.717, 1.165) is 12.1 Å². The summed E-state index contributed by atoms with van der Waals surface area (Å²) < 4.78 is 22.9. The van der Waals surface area contributed by atoms with Gasteiger partial charge >= 0.3 is 0 Å². The van der Waals surface area contributed by atoms with E-state index < -0.39 is 9.84 Å². The standard InChI is InChI=1S/C16H24N2O3S/c1-3-13-4-6-14(7-5-13)17-10-8-16(19)18(2)15-9-11-22(20,21)12-15/h4-7,15,17H,3,8-12H2,1-2H3. The lowest BCUT2D eigenvalue weighted by atomic mass is 10.1. The first-order chi connectivity index (χ1) is 10.4. The Kier molecular flexibility index (Phi) is 5.45. The molecule has 1 heterocycles. The summed E-state index contributed by atoms with van der Waals surface area (Å²) in [5.41, 5.74) is 2.28. The predicted molar refractivity (Wildman–Crippen MR) is 88.8 cm³/mol. The Morgan fingerprint density at radius 2 is 2.00 bits per heavy atom. The van der Waals surface area contributed by atoms with Gasteiger partial charge in [0.05, 0.1) is 11.5 Å². The molecule has 1 N–H and O–H groups in total. The fraction of sp³-hybridized carbons (Fsp3) is 0.562. The average Bonchev–Trinajstić information content (AvgIpc) is 2.87. The number of hydrogen-bond acceptors (Lipinski definition) is 4. The number of amides is 1. The molecular formula is C16H24N2O3S. The Morgan fingerprint density at radius 3 is 2.55 bits per heavy atom. The molecule has 0 saturated carbocycles. The fourth-order valence-corrected chi connectivity index (χ4v) is 4.41. The summed E-state index contributed by atoms with van der Waals surface area (Å²) in [6.45, 7) is 2.66. The van der Waals surface area contributed by atoms with Crippen LogP contribution in [0.25, 0.3) is 0 Å². The highest BCUT2D eigenvalue weighted by Gasteiger charge is 2.32. The molecule has 122 valence electrons. The highest BCUT2D eigenvalue weighted by atomic mass is 32.2. The Bertz CT molecular complexity index is 611. The number of aryl methyl sites for hydroxylation is 1. The number of carbonyl (C=O) groups excluding carboxylic acids is 1. The van der Waals surface area contributed by atoms with Gasteiger partial charge in [0, 0.05) is 31.7 Å². The van der Waals surface area contributed by atoms with Crippen molar-refractivity contribution in [2.75, 3.05) is 30.4 Å². The van der Waals surface area contributed by atoms with Crippen LogP contribution in [0.1, 0.15) is 25.3 Å². The zero-order valence-corrected chi connectivity index (χ0v) is 14.0. The Morgan fingerprint density at radius 1 is 1.32 bits per heavy atom. The van der Waals surface area contributed by atoms with Crippen LogP contribution in [0.2, 0.25) is 0 Å². The molecular weight excluding hydrogens is 300 g/mol. The van der Waals surface area contributed by atoms with Gasteiger partial charge in [-0.2, -0.15) is 0 Å². The molecule has 6 heteroatoms. The second-order valence-electron chi connectivity index (χ2n) is 5.79. The normalized spacial score (nSPS) is 19.8. The highest BCUT2D eigenvalue weighted by molar-refractivity contribution is 7.91. The lowest BCUT2D eigenvalue weighted by molar-refractivity contribution is -0.131. The summed E-state index contributed by atoms with van der Waals surface area (Å²) in [6.07, 6.45) is 1.92. The number of benzene rings is 1. The van der Waals surface area contributed by atoms with Crippen LogP contribution in [0, 0.1) is 0 Å². The molecule has 2 rings (SSSR count). The van der Waals surface area contributed by atoms with Crippen molar-refractivity contribution in [1.29, 1.82) is 0 Å². The first-order valence-corrected chi connectivity index (χ1v) is 9.52. The van der Waals surface area contributed by atoms with Crippen LogP contribution in [0.15, 0.2) is 24.3 Å². The summed E-state index contributed by atoms with van der Waals surface area (Å²) >= 11 is 0. The smallest absolute Gasteiger partial charge is 0.224 e. The molecule has 5 nitrogen and oxygen atoms in total. The largest absolute Gasteiger partial charge is 0.385 e. The van der Waals surface area contributed by atoms with Crippen LogP contribution in [0.3, 0.4) is 0 Å². The first kappa shape index (κ1) is 16.8. The molecule has 1 aliphatic rings. The van der Waals surface area contributed by atoms with Crippen LogP contribution in [0.4, 0.5) is 5.69 Å². The summed E-state index contributed by atoms with van der Waals surface area (Å²) in [4.78, 5) is 13.7. The van der Waals surface area contributed by atoms with Crippen LogP contribution >= 0.6 is 0 Å². The molecule has 1 aromatic carbocycles. The quantitative estimate of drug-likeness (QED) is 0.865. The molecule has 0 aliphatic carbocycles. The van der Waals surface area contributed by atoms with Crippen molar-refractivity contribution in [2.24, 2.45) is 0 Å². The van der Waals surface area contributed by atoms with Crippen LogP contribution < -0.4 is 5.32 Å². The number of anilines is 1. The van der Waals surface area contributed by atoms with Gasteiger partial charge in [-0.15, -0.1) is 0 Å². The van der Waals surface area contributed by atoms with E-state index in [0.29, 0.717) is 19.4 Å². The average molecular weight is 324 g/mol. The number of nitrogens with one attached hydrogen (secondary N) is 1. The van der Waals surface area contributed by atoms with E-state index in [2.05, 4.69) is 24.4 Å². The van der Waals surface area contributed by atoms with Gasteiger partial charge in [0.1, 0.15) is 0 Å². The molecule has 22 heavy (non-hydrogen) atoms. The molecule has 1 amide bonds. The topological polar surface area (TPSA) is 66.5 Å². The maximum Gasteiger partial charge on any atom is 0.224 e. The molecule has 0 spiro atoms. The Labute approximate surface area is 132 Å². The van der Waals surface area contributed by atoms with Gasteiger partial charge in [-0.3, -0.25) is 4.79 Å². The molecule has 1 atom stereocenters. The minimum Gasteiger partial charge on any atom is -0.385 e. The molecule has 0 aromatic heterocycles. The number of nitrogens with zero attached hydrogens (tertiary/aromatic N) is 1. The highest BCUT2D eigenvalue weighted by Crippen LogP contribution is 2.17. The minimum absolute atomic E-state index is 0.0141. The molecule has 1 saturated heterocycles.